The minimum Gasteiger partial charge on any atom is -0.316 e. The highest BCUT2D eigenvalue weighted by atomic mass is 32.2. The van der Waals surface area contributed by atoms with Crippen molar-refractivity contribution in [2.24, 2.45) is 11.3 Å². The lowest BCUT2D eigenvalue weighted by molar-refractivity contribution is -0.113. The van der Waals surface area contributed by atoms with Crippen LogP contribution in [0, 0.1) is 22.7 Å². The summed E-state index contributed by atoms with van der Waals surface area (Å²) < 4.78 is 2.12. The van der Waals surface area contributed by atoms with E-state index in [0.717, 1.165) is 73.6 Å². The number of fused-ring (bicyclic) bond motifs is 1. The van der Waals surface area contributed by atoms with Gasteiger partial charge in [-0.15, -0.1) is 32.9 Å². The molecule has 0 aliphatic heterocycles. The Morgan fingerprint density at radius 3 is 2.81 bits per heavy atom. The van der Waals surface area contributed by atoms with Gasteiger partial charge < -0.3 is 9.88 Å². The zero-order chi connectivity index (χ0) is 26.6. The van der Waals surface area contributed by atoms with Crippen molar-refractivity contribution in [2.75, 3.05) is 11.1 Å². The Kier molecular flexibility index (Phi) is 9.15. The third-order valence-electron chi connectivity index (χ3n) is 7.55. The molecule has 1 unspecified atom stereocenters. The van der Waals surface area contributed by atoms with Crippen LogP contribution in [0.5, 0.6) is 0 Å². The van der Waals surface area contributed by atoms with Crippen LogP contribution in [-0.4, -0.2) is 26.4 Å². The van der Waals surface area contributed by atoms with Gasteiger partial charge in [-0.1, -0.05) is 59.2 Å². The Bertz CT molecular complexity index is 1280. The van der Waals surface area contributed by atoms with Crippen molar-refractivity contribution < 1.29 is 4.79 Å². The molecule has 0 saturated carbocycles. The maximum Gasteiger partial charge on any atom is 0.235 e. The molecule has 6 nitrogen and oxygen atoms in total. The van der Waals surface area contributed by atoms with Crippen molar-refractivity contribution in [2.45, 2.75) is 91.3 Å². The molecule has 3 aromatic rings. The fourth-order valence-electron chi connectivity index (χ4n) is 4.95. The van der Waals surface area contributed by atoms with E-state index in [1.807, 2.05) is 0 Å². The second-order valence-corrected chi connectivity index (χ2v) is 13.5. The summed E-state index contributed by atoms with van der Waals surface area (Å²) in [6, 6.07) is 4.58. The number of nitrogens with one attached hydrogen (secondary N) is 1. The normalized spacial score (nSPS) is 15.4. The zero-order valence-corrected chi connectivity index (χ0v) is 25.0. The highest BCUT2D eigenvalue weighted by molar-refractivity contribution is 7.99. The van der Waals surface area contributed by atoms with Gasteiger partial charge in [0.2, 0.25) is 5.91 Å². The van der Waals surface area contributed by atoms with E-state index in [0.29, 0.717) is 16.5 Å². The van der Waals surface area contributed by atoms with Crippen molar-refractivity contribution in [3.63, 3.8) is 0 Å². The van der Waals surface area contributed by atoms with E-state index >= 15 is 0 Å². The second-order valence-electron chi connectivity index (χ2n) is 10.4. The van der Waals surface area contributed by atoms with Crippen LogP contribution in [0.15, 0.2) is 16.6 Å². The number of nitrogens with zero attached hydrogens (tertiary/aromatic N) is 4. The Hall–Kier alpha value is -2.15. The van der Waals surface area contributed by atoms with Crippen molar-refractivity contribution in [1.82, 2.24) is 14.8 Å². The van der Waals surface area contributed by atoms with Crippen LogP contribution in [0.3, 0.4) is 0 Å². The van der Waals surface area contributed by atoms with E-state index in [4.69, 9.17) is 0 Å². The minimum atomic E-state index is -0.112. The van der Waals surface area contributed by atoms with Gasteiger partial charge in [0.25, 0.3) is 0 Å². The molecular formula is C28H37N5OS3. The van der Waals surface area contributed by atoms with Gasteiger partial charge in [-0.2, -0.15) is 5.26 Å². The number of carbonyl (C=O) groups is 1. The standard InChI is InChI=1S/C28H37N5OS3/c1-6-9-20-13-18(16-35-20)25-31-32-27(33(25)12-7-2)36-17-24(34)30-26-22(15-29)21-11-10-19(14-23(21)37-26)28(4,5)8-3/h13,16,19H,6-12,14,17H2,1-5H3,(H,30,34). The number of rotatable bonds is 11. The van der Waals surface area contributed by atoms with Gasteiger partial charge in [0.1, 0.15) is 11.1 Å². The highest BCUT2D eigenvalue weighted by Gasteiger charge is 2.34. The number of amides is 1. The number of nitriles is 1. The molecule has 4 rings (SSSR count). The van der Waals surface area contributed by atoms with Crippen molar-refractivity contribution >= 4 is 45.3 Å². The van der Waals surface area contributed by atoms with Crippen molar-refractivity contribution in [1.29, 1.82) is 5.26 Å². The number of carbonyl (C=O) groups excluding carboxylic acids is 1. The summed E-state index contributed by atoms with van der Waals surface area (Å²) in [6.45, 7) is 12.1. The van der Waals surface area contributed by atoms with Gasteiger partial charge in [0.15, 0.2) is 11.0 Å². The van der Waals surface area contributed by atoms with Gasteiger partial charge in [-0.05, 0) is 55.1 Å². The monoisotopic (exact) mass is 555 g/mol. The minimum absolute atomic E-state index is 0.112. The summed E-state index contributed by atoms with van der Waals surface area (Å²) in [4.78, 5) is 15.6. The molecule has 0 radical (unpaired) electrons. The Labute approximate surface area is 232 Å². The summed E-state index contributed by atoms with van der Waals surface area (Å²) in [7, 11) is 0. The molecule has 1 N–H and O–H groups in total. The fourth-order valence-corrected chi connectivity index (χ4v) is 7.98. The number of aromatic nitrogens is 3. The molecule has 0 spiro atoms. The Morgan fingerprint density at radius 2 is 2.11 bits per heavy atom. The summed E-state index contributed by atoms with van der Waals surface area (Å²) in [5, 5.41) is 25.4. The van der Waals surface area contributed by atoms with Crippen LogP contribution < -0.4 is 5.32 Å². The lowest BCUT2D eigenvalue weighted by Gasteiger charge is -2.36. The Balaban J connectivity index is 1.45. The third kappa shape index (κ3) is 6.13. The number of hydrogen-bond acceptors (Lipinski definition) is 7. The second kappa shape index (κ2) is 12.1. The first-order chi connectivity index (χ1) is 17.8. The van der Waals surface area contributed by atoms with Crippen LogP contribution in [0.4, 0.5) is 5.00 Å². The average Bonchev–Trinajstić information content (AvgIpc) is 3.59. The summed E-state index contributed by atoms with van der Waals surface area (Å²) in [5.74, 6) is 1.59. The fraction of sp³-hybridized carbons (Fsp3) is 0.571. The summed E-state index contributed by atoms with van der Waals surface area (Å²) in [5.41, 5.74) is 3.17. The van der Waals surface area contributed by atoms with Crippen LogP contribution in [-0.2, 0) is 30.6 Å². The third-order valence-corrected chi connectivity index (χ3v) is 10.7. The van der Waals surface area contributed by atoms with Crippen LogP contribution in [0.1, 0.15) is 81.2 Å². The molecule has 9 heteroatoms. The number of thioether (sulfide) groups is 1. The summed E-state index contributed by atoms with van der Waals surface area (Å²) in [6.07, 6.45) is 7.30. The number of hydrogen-bond donors (Lipinski definition) is 1. The van der Waals surface area contributed by atoms with E-state index in [1.165, 1.54) is 21.5 Å². The molecule has 0 aromatic carbocycles. The molecular weight excluding hydrogens is 519 g/mol. The molecule has 1 aliphatic rings. The molecule has 1 amide bonds. The first kappa shape index (κ1) is 27.9. The SMILES string of the molecule is CCCc1cc(-c2nnc(SCC(=O)Nc3sc4c(c3C#N)CCC(C(C)(C)CC)C4)n2CCC)cs1. The van der Waals surface area contributed by atoms with E-state index < -0.39 is 0 Å². The van der Waals surface area contributed by atoms with Gasteiger partial charge in [-0.25, -0.2) is 0 Å². The molecule has 0 bridgehead atoms. The average molecular weight is 556 g/mol. The predicted molar refractivity (Wildman–Crippen MR) is 156 cm³/mol. The molecule has 3 heterocycles. The number of aryl methyl sites for hydroxylation is 1. The molecule has 0 fully saturated rings. The first-order valence-corrected chi connectivity index (χ1v) is 16.0. The topological polar surface area (TPSA) is 83.6 Å². The molecule has 198 valence electrons. The van der Waals surface area contributed by atoms with E-state index in [-0.39, 0.29) is 17.1 Å². The lowest BCUT2D eigenvalue weighted by atomic mass is 9.69. The predicted octanol–water partition coefficient (Wildman–Crippen LogP) is 7.57. The number of thiophene rings is 2. The largest absolute Gasteiger partial charge is 0.316 e. The number of anilines is 1. The first-order valence-electron chi connectivity index (χ1n) is 13.3. The van der Waals surface area contributed by atoms with Crippen LogP contribution in [0.25, 0.3) is 11.4 Å². The smallest absolute Gasteiger partial charge is 0.235 e. The van der Waals surface area contributed by atoms with Crippen LogP contribution >= 0.6 is 34.4 Å². The van der Waals surface area contributed by atoms with Gasteiger partial charge in [-0.3, -0.25) is 4.79 Å². The molecule has 1 atom stereocenters. The summed E-state index contributed by atoms with van der Waals surface area (Å²) >= 11 is 4.76. The van der Waals surface area contributed by atoms with E-state index in [9.17, 15) is 10.1 Å². The van der Waals surface area contributed by atoms with Crippen LogP contribution in [0.2, 0.25) is 0 Å². The highest BCUT2D eigenvalue weighted by Crippen LogP contribution is 2.45. The van der Waals surface area contributed by atoms with Gasteiger partial charge in [0, 0.05) is 27.2 Å². The van der Waals surface area contributed by atoms with Crippen molar-refractivity contribution in [3.05, 3.63) is 32.3 Å². The maximum absolute atomic E-state index is 13.0. The van der Waals surface area contributed by atoms with Gasteiger partial charge >= 0.3 is 0 Å². The lowest BCUT2D eigenvalue weighted by Crippen LogP contribution is -2.28. The Morgan fingerprint density at radius 1 is 1.30 bits per heavy atom. The van der Waals surface area contributed by atoms with E-state index in [2.05, 4.69) is 72.2 Å². The maximum atomic E-state index is 13.0. The molecule has 0 saturated heterocycles. The van der Waals surface area contributed by atoms with Gasteiger partial charge in [0.05, 0.1) is 11.3 Å². The van der Waals surface area contributed by atoms with Crippen molar-refractivity contribution in [3.8, 4) is 17.5 Å². The van der Waals surface area contributed by atoms with E-state index in [1.54, 1.807) is 22.7 Å². The quantitative estimate of drug-likeness (QED) is 0.247. The zero-order valence-electron chi connectivity index (χ0n) is 22.5. The molecule has 3 aromatic heterocycles. The molecule has 1 aliphatic carbocycles. The molecule has 37 heavy (non-hydrogen) atoms.